The fourth-order valence-electron chi connectivity index (χ4n) is 2.64. The van der Waals surface area contributed by atoms with Crippen LogP contribution in [0.4, 0.5) is 5.69 Å². The molecule has 3 rings (SSSR count). The van der Waals surface area contributed by atoms with Crippen LogP contribution in [-0.4, -0.2) is 37.9 Å². The van der Waals surface area contributed by atoms with E-state index < -0.39 is 10.0 Å². The molecule has 2 aromatic rings. The summed E-state index contributed by atoms with van der Waals surface area (Å²) in [5, 5.41) is 0.668. The molecule has 134 valence electrons. The second-order valence-electron chi connectivity index (χ2n) is 5.73. The fourth-order valence-corrected chi connectivity index (χ4v) is 5.41. The third kappa shape index (κ3) is 4.83. The van der Waals surface area contributed by atoms with E-state index in [0.717, 1.165) is 30.2 Å². The third-order valence-corrected chi connectivity index (χ3v) is 6.98. The highest BCUT2D eigenvalue weighted by molar-refractivity contribution is 7.99. The summed E-state index contributed by atoms with van der Waals surface area (Å²) in [6.45, 7) is 2.66. The minimum absolute atomic E-state index is 0.0527. The quantitative estimate of drug-likeness (QED) is 0.786. The number of rotatable bonds is 5. The van der Waals surface area contributed by atoms with Gasteiger partial charge < -0.3 is 0 Å². The molecule has 1 heterocycles. The van der Waals surface area contributed by atoms with Crippen molar-refractivity contribution in [2.24, 2.45) is 0 Å². The summed E-state index contributed by atoms with van der Waals surface area (Å²) < 4.78 is 28.1. The average molecular weight is 417 g/mol. The van der Waals surface area contributed by atoms with Gasteiger partial charge in [0.2, 0.25) is 0 Å². The topological polar surface area (TPSA) is 49.4 Å². The number of nitrogens with one attached hydrogen (secondary N) is 1. The molecule has 0 unspecified atom stereocenters. The molecule has 0 aliphatic carbocycles. The monoisotopic (exact) mass is 416 g/mol. The molecule has 0 radical (unpaired) electrons. The molecule has 1 aliphatic rings. The Morgan fingerprint density at radius 3 is 2.52 bits per heavy atom. The molecule has 4 nitrogen and oxygen atoms in total. The smallest absolute Gasteiger partial charge is 0.263 e. The Labute approximate surface area is 162 Å². The van der Waals surface area contributed by atoms with Crippen LogP contribution in [0.25, 0.3) is 0 Å². The lowest BCUT2D eigenvalue weighted by molar-refractivity contribution is 0.295. The first-order chi connectivity index (χ1) is 12.0. The van der Waals surface area contributed by atoms with Crippen molar-refractivity contribution < 1.29 is 8.42 Å². The van der Waals surface area contributed by atoms with Crippen molar-refractivity contribution in [3.63, 3.8) is 0 Å². The lowest BCUT2D eigenvalue weighted by Crippen LogP contribution is -2.32. The first-order valence-corrected chi connectivity index (χ1v) is 11.2. The zero-order valence-corrected chi connectivity index (χ0v) is 16.6. The van der Waals surface area contributed by atoms with E-state index >= 15 is 0 Å². The van der Waals surface area contributed by atoms with E-state index in [9.17, 15) is 8.42 Å². The lowest BCUT2D eigenvalue weighted by atomic mass is 10.1. The van der Waals surface area contributed by atoms with Crippen molar-refractivity contribution in [1.82, 2.24) is 4.90 Å². The predicted octanol–water partition coefficient (Wildman–Crippen LogP) is 4.34. The van der Waals surface area contributed by atoms with Crippen LogP contribution in [0.15, 0.2) is 47.4 Å². The van der Waals surface area contributed by atoms with Crippen molar-refractivity contribution in [3.8, 4) is 0 Å². The standard InChI is InChI=1S/C17H18Cl2N2O2S2/c18-14-6-5-13(12-21-7-9-24-10-8-21)16(11-14)20-25(22,23)17-4-2-1-3-15(17)19/h1-6,11,20H,7-10,12H2. The van der Waals surface area contributed by atoms with E-state index in [1.54, 1.807) is 30.3 Å². The van der Waals surface area contributed by atoms with Crippen LogP contribution in [0.1, 0.15) is 5.56 Å². The molecule has 0 aromatic heterocycles. The molecule has 0 bridgehead atoms. The first-order valence-electron chi connectivity index (χ1n) is 7.81. The van der Waals surface area contributed by atoms with Crippen LogP contribution in [0.2, 0.25) is 10.0 Å². The van der Waals surface area contributed by atoms with Crippen LogP contribution in [0, 0.1) is 0 Å². The average Bonchev–Trinajstić information content (AvgIpc) is 2.58. The third-order valence-electron chi connectivity index (χ3n) is 3.94. The zero-order valence-electron chi connectivity index (χ0n) is 13.4. The van der Waals surface area contributed by atoms with E-state index in [0.29, 0.717) is 17.3 Å². The second-order valence-corrected chi connectivity index (χ2v) is 9.45. The number of hydrogen-bond donors (Lipinski definition) is 1. The number of benzene rings is 2. The number of anilines is 1. The summed E-state index contributed by atoms with van der Waals surface area (Å²) in [4.78, 5) is 2.37. The van der Waals surface area contributed by atoms with Gasteiger partial charge in [0.05, 0.1) is 10.7 Å². The molecule has 25 heavy (non-hydrogen) atoms. The Balaban J connectivity index is 1.88. The van der Waals surface area contributed by atoms with Gasteiger partial charge in [-0.15, -0.1) is 0 Å². The summed E-state index contributed by atoms with van der Waals surface area (Å²) in [5.41, 5.74) is 1.39. The number of sulfonamides is 1. The van der Waals surface area contributed by atoms with Crippen LogP contribution in [0.5, 0.6) is 0 Å². The van der Waals surface area contributed by atoms with E-state index in [1.807, 2.05) is 17.8 Å². The molecule has 2 aromatic carbocycles. The normalized spacial score (nSPS) is 15.9. The van der Waals surface area contributed by atoms with Gasteiger partial charge in [-0.3, -0.25) is 9.62 Å². The Kier molecular flexibility index (Phi) is 6.17. The highest BCUT2D eigenvalue weighted by Gasteiger charge is 2.20. The maximum absolute atomic E-state index is 12.7. The SMILES string of the molecule is O=S(=O)(Nc1cc(Cl)ccc1CN1CCSCC1)c1ccccc1Cl. The van der Waals surface area contributed by atoms with Gasteiger partial charge in [0.15, 0.2) is 0 Å². The summed E-state index contributed by atoms with van der Waals surface area (Å²) in [7, 11) is -3.79. The fraction of sp³-hybridized carbons (Fsp3) is 0.294. The molecule has 1 aliphatic heterocycles. The van der Waals surface area contributed by atoms with Gasteiger partial charge in [0, 0.05) is 36.2 Å². The van der Waals surface area contributed by atoms with E-state index in [1.165, 1.54) is 6.07 Å². The van der Waals surface area contributed by atoms with E-state index in [4.69, 9.17) is 23.2 Å². The van der Waals surface area contributed by atoms with Crippen LogP contribution < -0.4 is 4.72 Å². The Morgan fingerprint density at radius 2 is 1.80 bits per heavy atom. The molecular formula is C17H18Cl2N2O2S2. The number of nitrogens with zero attached hydrogens (tertiary/aromatic N) is 1. The summed E-state index contributed by atoms with van der Waals surface area (Å²) >= 11 is 14.1. The summed E-state index contributed by atoms with van der Waals surface area (Å²) in [6.07, 6.45) is 0. The van der Waals surface area contributed by atoms with Crippen LogP contribution >= 0.6 is 35.0 Å². The first kappa shape index (κ1) is 18.9. The molecule has 1 fully saturated rings. The Hall–Kier alpha value is -0.920. The Bertz CT molecular complexity index is 853. The van der Waals surface area contributed by atoms with Crippen LogP contribution in [0.3, 0.4) is 0 Å². The van der Waals surface area contributed by atoms with Crippen molar-refractivity contribution in [1.29, 1.82) is 0 Å². The van der Waals surface area contributed by atoms with Crippen LogP contribution in [-0.2, 0) is 16.6 Å². The molecule has 1 N–H and O–H groups in total. The molecule has 0 spiro atoms. The molecule has 0 amide bonds. The number of thioether (sulfide) groups is 1. The highest BCUT2D eigenvalue weighted by atomic mass is 35.5. The van der Waals surface area contributed by atoms with Gasteiger partial charge in [-0.05, 0) is 29.8 Å². The van der Waals surface area contributed by atoms with Gasteiger partial charge in [-0.1, -0.05) is 41.4 Å². The van der Waals surface area contributed by atoms with Gasteiger partial charge in [0.25, 0.3) is 10.0 Å². The lowest BCUT2D eigenvalue weighted by Gasteiger charge is -2.27. The number of halogens is 2. The van der Waals surface area contributed by atoms with Crippen molar-refractivity contribution in [2.45, 2.75) is 11.4 Å². The zero-order chi connectivity index (χ0) is 17.9. The predicted molar refractivity (Wildman–Crippen MR) is 106 cm³/mol. The second kappa shape index (κ2) is 8.18. The molecular weight excluding hydrogens is 399 g/mol. The summed E-state index contributed by atoms with van der Waals surface area (Å²) in [5.74, 6) is 2.18. The maximum atomic E-state index is 12.7. The molecule has 0 saturated carbocycles. The van der Waals surface area contributed by atoms with Gasteiger partial charge in [-0.2, -0.15) is 11.8 Å². The number of hydrogen-bond acceptors (Lipinski definition) is 4. The van der Waals surface area contributed by atoms with E-state index in [2.05, 4.69) is 9.62 Å². The maximum Gasteiger partial charge on any atom is 0.263 e. The van der Waals surface area contributed by atoms with E-state index in [-0.39, 0.29) is 9.92 Å². The largest absolute Gasteiger partial charge is 0.297 e. The molecule has 1 saturated heterocycles. The minimum Gasteiger partial charge on any atom is -0.297 e. The van der Waals surface area contributed by atoms with Gasteiger partial charge in [0.1, 0.15) is 4.90 Å². The minimum atomic E-state index is -3.79. The Morgan fingerprint density at radius 1 is 1.08 bits per heavy atom. The van der Waals surface area contributed by atoms with Crippen molar-refractivity contribution in [2.75, 3.05) is 29.3 Å². The molecule has 0 atom stereocenters. The van der Waals surface area contributed by atoms with Gasteiger partial charge >= 0.3 is 0 Å². The summed E-state index contributed by atoms with van der Waals surface area (Å²) in [6, 6.07) is 11.7. The van der Waals surface area contributed by atoms with Crippen molar-refractivity contribution >= 4 is 50.7 Å². The highest BCUT2D eigenvalue weighted by Crippen LogP contribution is 2.28. The van der Waals surface area contributed by atoms with Crippen molar-refractivity contribution in [3.05, 3.63) is 58.1 Å². The molecule has 8 heteroatoms. The van der Waals surface area contributed by atoms with Gasteiger partial charge in [-0.25, -0.2) is 8.42 Å².